The number of rotatable bonds is 13. The summed E-state index contributed by atoms with van der Waals surface area (Å²) in [6.07, 6.45) is 3.41. The number of thioether (sulfide) groups is 1. The number of aromatic nitrogens is 3. The molecule has 18 heteroatoms. The Hall–Kier alpha value is -4.19. The van der Waals surface area contributed by atoms with Crippen molar-refractivity contribution in [2.24, 2.45) is 5.16 Å². The van der Waals surface area contributed by atoms with Crippen LogP contribution in [0.25, 0.3) is 11.0 Å². The molecule has 2 aliphatic rings. The number of nitrogens with one attached hydrogen (secondary N) is 2. The van der Waals surface area contributed by atoms with Gasteiger partial charge in [-0.2, -0.15) is 4.57 Å². The number of aryl methyl sites for hydroxylation is 1. The van der Waals surface area contributed by atoms with Gasteiger partial charge in [0.15, 0.2) is 23.6 Å². The van der Waals surface area contributed by atoms with Crippen LogP contribution in [-0.2, 0) is 37.1 Å². The standard InChI is InChI=1S/C27H29ClN8O7S2/c1-13(25(39)40)43-33-18(17-21(28)45-27(29)32-17)22(37)31-19-23(38)36-20(26(41)42)14(12-44-24(19)36)11-35-8-3-5-15-16(35)6-10-34(15)9-4-7-30-2/h3,5-6,8,10,13,19,24,30H,4,7,9,11-12H2,1-2H3,(H4-,29,31,32,37,39,40,41,42)/p+1/b33-18-/t13-,19?,24?/m0/s1. The zero-order chi connectivity index (χ0) is 32.4. The van der Waals surface area contributed by atoms with Crippen molar-refractivity contribution in [2.45, 2.75) is 44.0 Å². The first kappa shape index (κ1) is 32.2. The molecule has 2 aliphatic heterocycles. The summed E-state index contributed by atoms with van der Waals surface area (Å²) in [4.78, 5) is 60.5. The van der Waals surface area contributed by atoms with Gasteiger partial charge < -0.3 is 36.0 Å². The van der Waals surface area contributed by atoms with Crippen molar-refractivity contribution in [1.82, 2.24) is 25.1 Å². The van der Waals surface area contributed by atoms with Gasteiger partial charge in [0.1, 0.15) is 32.7 Å². The molecule has 0 bridgehead atoms. The molecule has 1 saturated heterocycles. The molecule has 5 heterocycles. The molecule has 0 saturated carbocycles. The van der Waals surface area contributed by atoms with Gasteiger partial charge in [-0.25, -0.2) is 14.6 Å². The van der Waals surface area contributed by atoms with E-state index >= 15 is 0 Å². The number of carbonyl (C=O) groups is 4. The highest BCUT2D eigenvalue weighted by Gasteiger charge is 2.55. The second-order valence-electron chi connectivity index (χ2n) is 10.2. The summed E-state index contributed by atoms with van der Waals surface area (Å²) in [5, 5.41) is 28.0. The van der Waals surface area contributed by atoms with Crippen LogP contribution in [0.3, 0.4) is 0 Å². The van der Waals surface area contributed by atoms with Crippen LogP contribution in [-0.4, -0.2) is 91.0 Å². The van der Waals surface area contributed by atoms with E-state index in [1.54, 1.807) is 0 Å². The van der Waals surface area contributed by atoms with Crippen LogP contribution in [0.2, 0.25) is 4.34 Å². The van der Waals surface area contributed by atoms with E-state index in [1.165, 1.54) is 23.6 Å². The van der Waals surface area contributed by atoms with E-state index in [0.717, 1.165) is 41.9 Å². The number of halogens is 1. The number of hydrogen-bond donors (Lipinski definition) is 5. The fourth-order valence-electron chi connectivity index (χ4n) is 5.03. The lowest BCUT2D eigenvalue weighted by molar-refractivity contribution is -0.663. The van der Waals surface area contributed by atoms with E-state index in [-0.39, 0.29) is 27.4 Å². The van der Waals surface area contributed by atoms with Crippen LogP contribution in [0.4, 0.5) is 5.13 Å². The molecule has 0 spiro atoms. The molecule has 3 atom stereocenters. The number of nitrogen functional groups attached to an aromatic ring is 1. The Morgan fingerprint density at radius 3 is 2.78 bits per heavy atom. The highest BCUT2D eigenvalue weighted by Crippen LogP contribution is 2.40. The number of nitrogens with zero attached hydrogens (tertiary/aromatic N) is 5. The van der Waals surface area contributed by atoms with Gasteiger partial charge in [0.05, 0.1) is 0 Å². The van der Waals surface area contributed by atoms with Gasteiger partial charge in [-0.15, -0.1) is 11.8 Å². The SMILES string of the molecule is CNCCCn1ccc2c1ccc[n+]2CC1=C(C(=O)O)N2C(=O)C(NC(=O)/C(=N\O[C@@H](C)C(=O)O)c3nc(N)sc3Cl)C2SC1. The molecule has 0 aliphatic carbocycles. The molecule has 3 aromatic rings. The van der Waals surface area contributed by atoms with E-state index in [1.807, 2.05) is 42.2 Å². The molecule has 1 fully saturated rings. The number of carboxylic acids is 2. The molecule has 2 amide bonds. The molecular weight excluding hydrogens is 648 g/mol. The lowest BCUT2D eigenvalue weighted by Gasteiger charge is -2.49. The molecule has 0 aromatic carbocycles. The van der Waals surface area contributed by atoms with Gasteiger partial charge in [-0.05, 0) is 33.0 Å². The van der Waals surface area contributed by atoms with Crippen molar-refractivity contribution in [3.8, 4) is 0 Å². The maximum Gasteiger partial charge on any atom is 0.352 e. The molecule has 15 nitrogen and oxygen atoms in total. The van der Waals surface area contributed by atoms with E-state index in [2.05, 4.69) is 25.3 Å². The number of fused-ring (bicyclic) bond motifs is 2. The Bertz CT molecular complexity index is 1740. The fraction of sp³-hybridized carbons (Fsp3) is 0.370. The molecule has 238 valence electrons. The number of thiazole rings is 1. The number of anilines is 1. The van der Waals surface area contributed by atoms with Crippen molar-refractivity contribution < 1.29 is 38.8 Å². The Labute approximate surface area is 269 Å². The number of hydrogen-bond acceptors (Lipinski definition) is 11. The van der Waals surface area contributed by atoms with E-state index < -0.39 is 47.0 Å². The molecule has 0 radical (unpaired) electrons. The van der Waals surface area contributed by atoms with E-state index in [4.69, 9.17) is 27.3 Å². The lowest BCUT2D eigenvalue weighted by atomic mass is 10.0. The number of pyridine rings is 1. The topological polar surface area (TPSA) is 205 Å². The maximum atomic E-state index is 13.3. The molecule has 2 unspecified atom stereocenters. The van der Waals surface area contributed by atoms with Gasteiger partial charge in [0.2, 0.25) is 11.6 Å². The number of aliphatic carboxylic acids is 2. The predicted octanol–water partition coefficient (Wildman–Crippen LogP) is 0.863. The summed E-state index contributed by atoms with van der Waals surface area (Å²) in [6.45, 7) is 3.16. The van der Waals surface area contributed by atoms with Crippen molar-refractivity contribution in [1.29, 1.82) is 0 Å². The molecule has 3 aromatic heterocycles. The van der Waals surface area contributed by atoms with Gasteiger partial charge in [0, 0.05) is 36.2 Å². The zero-order valence-electron chi connectivity index (χ0n) is 24.1. The van der Waals surface area contributed by atoms with Gasteiger partial charge in [0.25, 0.3) is 11.8 Å². The van der Waals surface area contributed by atoms with Gasteiger partial charge >= 0.3 is 11.9 Å². The second kappa shape index (κ2) is 13.4. The minimum Gasteiger partial charge on any atom is -0.478 e. The second-order valence-corrected chi connectivity index (χ2v) is 12.9. The predicted molar refractivity (Wildman–Crippen MR) is 167 cm³/mol. The summed E-state index contributed by atoms with van der Waals surface area (Å²) in [6, 6.07) is 4.79. The summed E-state index contributed by atoms with van der Waals surface area (Å²) < 4.78 is 4.10. The number of nitrogens with two attached hydrogens (primary N) is 1. The number of carboxylic acid groups (broad SMARTS) is 2. The quantitative estimate of drug-likeness (QED) is 0.0564. The largest absolute Gasteiger partial charge is 0.478 e. The van der Waals surface area contributed by atoms with Crippen molar-refractivity contribution >= 4 is 80.3 Å². The summed E-state index contributed by atoms with van der Waals surface area (Å²) >= 11 is 8.35. The molecule has 5 rings (SSSR count). The third-order valence-corrected chi connectivity index (χ3v) is 9.65. The van der Waals surface area contributed by atoms with Gasteiger partial charge in [-0.3, -0.25) is 14.5 Å². The highest BCUT2D eigenvalue weighted by molar-refractivity contribution is 8.00. The van der Waals surface area contributed by atoms with Crippen molar-refractivity contribution in [3.63, 3.8) is 0 Å². The first-order chi connectivity index (χ1) is 21.5. The van der Waals surface area contributed by atoms with Crippen LogP contribution in [0.15, 0.2) is 47.0 Å². The normalized spacial score (nSPS) is 18.9. The third kappa shape index (κ3) is 6.47. The van der Waals surface area contributed by atoms with Crippen LogP contribution in [0, 0.1) is 0 Å². The zero-order valence-corrected chi connectivity index (χ0v) is 26.5. The fourth-order valence-corrected chi connectivity index (χ4v) is 7.29. The van der Waals surface area contributed by atoms with Crippen LogP contribution >= 0.6 is 34.7 Å². The number of amides is 2. The molecule has 6 N–H and O–H groups in total. The molecular formula is C27H30ClN8O7S2+. The lowest BCUT2D eigenvalue weighted by Crippen LogP contribution is -2.71. The monoisotopic (exact) mass is 677 g/mol. The van der Waals surface area contributed by atoms with E-state index in [0.29, 0.717) is 11.3 Å². The average molecular weight is 678 g/mol. The smallest absolute Gasteiger partial charge is 0.352 e. The maximum absolute atomic E-state index is 13.3. The average Bonchev–Trinajstić information content (AvgIpc) is 3.57. The number of β-lactam (4-membered cyclic amide) rings is 1. The Kier molecular flexibility index (Phi) is 9.62. The first-order valence-corrected chi connectivity index (χ1v) is 16.0. The minimum atomic E-state index is -1.40. The Balaban J connectivity index is 1.36. The molecule has 45 heavy (non-hydrogen) atoms. The summed E-state index contributed by atoms with van der Waals surface area (Å²) in [5.74, 6) is -3.84. The third-order valence-electron chi connectivity index (χ3n) is 7.23. The van der Waals surface area contributed by atoms with Crippen LogP contribution in [0.1, 0.15) is 19.0 Å². The Morgan fingerprint density at radius 1 is 1.33 bits per heavy atom. The van der Waals surface area contributed by atoms with Crippen molar-refractivity contribution in [3.05, 3.63) is 51.9 Å². The summed E-state index contributed by atoms with van der Waals surface area (Å²) in [7, 11) is 1.91. The highest BCUT2D eigenvalue weighted by atomic mass is 35.5. The summed E-state index contributed by atoms with van der Waals surface area (Å²) in [5.41, 5.74) is 7.44. The van der Waals surface area contributed by atoms with Crippen LogP contribution in [0.5, 0.6) is 0 Å². The first-order valence-electron chi connectivity index (χ1n) is 13.7. The number of oxime groups is 1. The number of carbonyl (C=O) groups excluding carboxylic acids is 2. The van der Waals surface area contributed by atoms with Crippen LogP contribution < -0.4 is 20.9 Å². The Morgan fingerprint density at radius 2 is 2.11 bits per heavy atom. The van der Waals surface area contributed by atoms with E-state index in [9.17, 15) is 24.3 Å². The van der Waals surface area contributed by atoms with Crippen molar-refractivity contribution in [2.75, 3.05) is 25.1 Å². The van der Waals surface area contributed by atoms with Gasteiger partial charge in [-0.1, -0.05) is 28.1 Å². The minimum absolute atomic E-state index is 0.00292.